The number of hydrogen-bond donors (Lipinski definition) is 2. The minimum Gasteiger partial charge on any atom is -0.481 e. The van der Waals surface area contributed by atoms with Crippen LogP contribution in [-0.4, -0.2) is 18.4 Å². The molecular formula is C25H19Br2N3O3. The van der Waals surface area contributed by atoms with Gasteiger partial charge in [0, 0.05) is 11.4 Å². The van der Waals surface area contributed by atoms with Crippen molar-refractivity contribution in [2.75, 3.05) is 17.2 Å². The predicted octanol–water partition coefficient (Wildman–Crippen LogP) is 6.08. The fourth-order valence-electron chi connectivity index (χ4n) is 2.81. The van der Waals surface area contributed by atoms with Gasteiger partial charge in [-0.3, -0.25) is 9.59 Å². The Morgan fingerprint density at radius 3 is 2.18 bits per heavy atom. The number of nitrogens with one attached hydrogen (secondary N) is 2. The number of anilines is 2. The average Bonchev–Trinajstić information content (AvgIpc) is 2.79. The van der Waals surface area contributed by atoms with Crippen LogP contribution in [0.15, 0.2) is 81.2 Å². The second kappa shape index (κ2) is 11.5. The van der Waals surface area contributed by atoms with Crippen molar-refractivity contribution in [2.24, 2.45) is 0 Å². The second-order valence-electron chi connectivity index (χ2n) is 7.01. The van der Waals surface area contributed by atoms with E-state index in [0.717, 1.165) is 5.56 Å². The second-order valence-corrected chi connectivity index (χ2v) is 8.72. The molecule has 3 aromatic rings. The van der Waals surface area contributed by atoms with E-state index < -0.39 is 5.91 Å². The molecule has 6 nitrogen and oxygen atoms in total. The molecule has 0 atom stereocenters. The summed E-state index contributed by atoms with van der Waals surface area (Å²) in [6.45, 7) is 1.78. The van der Waals surface area contributed by atoms with E-state index in [4.69, 9.17) is 4.74 Å². The van der Waals surface area contributed by atoms with Crippen LogP contribution >= 0.6 is 31.9 Å². The molecule has 0 aliphatic heterocycles. The van der Waals surface area contributed by atoms with Gasteiger partial charge in [0.2, 0.25) is 0 Å². The highest BCUT2D eigenvalue weighted by molar-refractivity contribution is 9.11. The molecule has 0 radical (unpaired) electrons. The van der Waals surface area contributed by atoms with Gasteiger partial charge in [-0.25, -0.2) is 0 Å². The van der Waals surface area contributed by atoms with Crippen LogP contribution in [0.25, 0.3) is 6.08 Å². The van der Waals surface area contributed by atoms with Crippen molar-refractivity contribution in [3.05, 3.63) is 92.4 Å². The van der Waals surface area contributed by atoms with Crippen molar-refractivity contribution in [1.29, 1.82) is 5.26 Å². The van der Waals surface area contributed by atoms with Gasteiger partial charge in [0.1, 0.15) is 17.4 Å². The summed E-state index contributed by atoms with van der Waals surface area (Å²) in [4.78, 5) is 24.6. The van der Waals surface area contributed by atoms with Crippen molar-refractivity contribution in [1.82, 2.24) is 0 Å². The molecule has 0 saturated carbocycles. The number of aryl methyl sites for hydroxylation is 1. The van der Waals surface area contributed by atoms with Gasteiger partial charge < -0.3 is 15.4 Å². The van der Waals surface area contributed by atoms with E-state index in [0.29, 0.717) is 31.6 Å². The van der Waals surface area contributed by atoms with Crippen LogP contribution in [0.5, 0.6) is 5.75 Å². The molecule has 0 fully saturated rings. The van der Waals surface area contributed by atoms with Gasteiger partial charge in [-0.2, -0.15) is 5.26 Å². The number of nitrogens with zero attached hydrogens (tertiary/aromatic N) is 1. The summed E-state index contributed by atoms with van der Waals surface area (Å²) < 4.78 is 6.79. The standard InChI is InChI=1S/C25H19Br2N3O3/c1-16-7-9-20(10-8-16)29-23(31)15-33-24-21(26)12-17(13-22(24)27)11-18(14-28)25(32)30-19-5-3-2-4-6-19/h2-13H,15H2,1H3,(H,29,31)(H,30,32)/b18-11+. The Hall–Kier alpha value is -3.41. The van der Waals surface area contributed by atoms with E-state index in [1.165, 1.54) is 6.08 Å². The Morgan fingerprint density at radius 1 is 0.970 bits per heavy atom. The van der Waals surface area contributed by atoms with E-state index in [2.05, 4.69) is 42.5 Å². The van der Waals surface area contributed by atoms with Gasteiger partial charge in [-0.05, 0) is 86.8 Å². The Morgan fingerprint density at radius 2 is 1.58 bits per heavy atom. The smallest absolute Gasteiger partial charge is 0.266 e. The fourth-order valence-corrected chi connectivity index (χ4v) is 4.26. The van der Waals surface area contributed by atoms with E-state index in [1.807, 2.05) is 43.3 Å². The first kappa shape index (κ1) is 24.2. The van der Waals surface area contributed by atoms with Crippen molar-refractivity contribution in [3.63, 3.8) is 0 Å². The number of amides is 2. The summed E-state index contributed by atoms with van der Waals surface area (Å²) in [5, 5.41) is 14.9. The summed E-state index contributed by atoms with van der Waals surface area (Å²) in [6, 6.07) is 21.7. The predicted molar refractivity (Wildman–Crippen MR) is 136 cm³/mol. The summed E-state index contributed by atoms with van der Waals surface area (Å²) in [5.41, 5.74) is 2.93. The highest BCUT2D eigenvalue weighted by atomic mass is 79.9. The molecule has 2 N–H and O–H groups in total. The van der Waals surface area contributed by atoms with E-state index in [9.17, 15) is 14.9 Å². The van der Waals surface area contributed by atoms with Crippen LogP contribution in [0.3, 0.4) is 0 Å². The van der Waals surface area contributed by atoms with Crippen molar-refractivity contribution in [2.45, 2.75) is 6.92 Å². The van der Waals surface area contributed by atoms with Crippen LogP contribution in [-0.2, 0) is 9.59 Å². The van der Waals surface area contributed by atoms with Crippen LogP contribution < -0.4 is 15.4 Å². The van der Waals surface area contributed by atoms with E-state index in [1.54, 1.807) is 36.4 Å². The van der Waals surface area contributed by atoms with E-state index >= 15 is 0 Å². The Labute approximate surface area is 208 Å². The summed E-state index contributed by atoms with van der Waals surface area (Å²) in [7, 11) is 0. The Balaban J connectivity index is 1.68. The van der Waals surface area contributed by atoms with Crippen LogP contribution in [0.2, 0.25) is 0 Å². The molecular weight excluding hydrogens is 550 g/mol. The van der Waals surface area contributed by atoms with Gasteiger partial charge in [0.15, 0.2) is 6.61 Å². The number of benzene rings is 3. The molecule has 0 unspecified atom stereocenters. The molecule has 0 spiro atoms. The lowest BCUT2D eigenvalue weighted by atomic mass is 10.1. The average molecular weight is 569 g/mol. The topological polar surface area (TPSA) is 91.2 Å². The third-order valence-corrected chi connectivity index (χ3v) is 5.59. The number of para-hydroxylation sites is 1. The first-order valence-corrected chi connectivity index (χ1v) is 11.4. The van der Waals surface area contributed by atoms with Crippen LogP contribution in [0.1, 0.15) is 11.1 Å². The lowest BCUT2D eigenvalue weighted by Gasteiger charge is -2.12. The molecule has 0 saturated heterocycles. The number of ether oxygens (including phenoxy) is 1. The normalized spacial score (nSPS) is 10.8. The molecule has 2 amide bonds. The molecule has 8 heteroatoms. The minimum absolute atomic E-state index is 0.0520. The number of nitriles is 1. The quantitative estimate of drug-likeness (QED) is 0.267. The number of halogens is 2. The van der Waals surface area contributed by atoms with Gasteiger partial charge in [-0.15, -0.1) is 0 Å². The maximum absolute atomic E-state index is 12.4. The molecule has 0 aromatic heterocycles. The van der Waals surface area contributed by atoms with Gasteiger partial charge in [0.05, 0.1) is 8.95 Å². The molecule has 0 heterocycles. The van der Waals surface area contributed by atoms with Crippen molar-refractivity contribution >= 4 is 61.1 Å². The molecule has 33 heavy (non-hydrogen) atoms. The lowest BCUT2D eigenvalue weighted by Crippen LogP contribution is -2.20. The number of carbonyl (C=O) groups excluding carboxylic acids is 2. The zero-order chi connectivity index (χ0) is 23.8. The Kier molecular flexibility index (Phi) is 8.41. The van der Waals surface area contributed by atoms with Gasteiger partial charge in [0.25, 0.3) is 11.8 Å². The maximum atomic E-state index is 12.4. The maximum Gasteiger partial charge on any atom is 0.266 e. The number of carbonyl (C=O) groups is 2. The van der Waals surface area contributed by atoms with E-state index in [-0.39, 0.29) is 18.1 Å². The van der Waals surface area contributed by atoms with Gasteiger partial charge >= 0.3 is 0 Å². The first-order chi connectivity index (χ1) is 15.9. The molecule has 166 valence electrons. The van der Waals surface area contributed by atoms with Crippen molar-refractivity contribution < 1.29 is 14.3 Å². The Bertz CT molecular complexity index is 1210. The number of rotatable bonds is 7. The highest BCUT2D eigenvalue weighted by Crippen LogP contribution is 2.35. The van der Waals surface area contributed by atoms with Crippen LogP contribution in [0, 0.1) is 18.3 Å². The van der Waals surface area contributed by atoms with Crippen molar-refractivity contribution in [3.8, 4) is 11.8 Å². The SMILES string of the molecule is Cc1ccc(NC(=O)COc2c(Br)cc(/C=C(\C#N)C(=O)Nc3ccccc3)cc2Br)cc1. The largest absolute Gasteiger partial charge is 0.481 e. The minimum atomic E-state index is -0.510. The fraction of sp³-hybridized carbons (Fsp3) is 0.0800. The molecule has 3 rings (SSSR count). The zero-order valence-electron chi connectivity index (χ0n) is 17.6. The third-order valence-electron chi connectivity index (χ3n) is 4.41. The summed E-state index contributed by atoms with van der Waals surface area (Å²) in [6.07, 6.45) is 1.47. The third kappa shape index (κ3) is 7.04. The lowest BCUT2D eigenvalue weighted by molar-refractivity contribution is -0.118. The first-order valence-electron chi connectivity index (χ1n) is 9.82. The summed E-state index contributed by atoms with van der Waals surface area (Å²) in [5.74, 6) is -0.381. The van der Waals surface area contributed by atoms with Gasteiger partial charge in [-0.1, -0.05) is 35.9 Å². The molecule has 0 aliphatic rings. The highest BCUT2D eigenvalue weighted by Gasteiger charge is 2.14. The summed E-state index contributed by atoms with van der Waals surface area (Å²) >= 11 is 6.85. The zero-order valence-corrected chi connectivity index (χ0v) is 20.7. The van der Waals surface area contributed by atoms with Crippen LogP contribution in [0.4, 0.5) is 11.4 Å². The molecule has 3 aromatic carbocycles. The molecule has 0 aliphatic carbocycles. The molecule has 0 bridgehead atoms. The number of hydrogen-bond acceptors (Lipinski definition) is 4. The monoisotopic (exact) mass is 567 g/mol.